The zero-order valence-electron chi connectivity index (χ0n) is 10.1. The number of aliphatic hydroxyl groups excluding tert-OH is 1. The lowest BCUT2D eigenvalue weighted by Gasteiger charge is -2.26. The number of carbonyl (C=O) groups is 1. The van der Waals surface area contributed by atoms with Crippen LogP contribution in [0.3, 0.4) is 0 Å². The molecule has 1 saturated carbocycles. The normalized spacial score (nSPS) is 21.4. The minimum Gasteiger partial charge on any atom is -0.396 e. The number of aromatic nitrogens is 3. The second kappa shape index (κ2) is 4.33. The van der Waals surface area contributed by atoms with Crippen molar-refractivity contribution >= 4 is 5.91 Å². The van der Waals surface area contributed by atoms with Gasteiger partial charge in [-0.3, -0.25) is 4.79 Å². The first-order chi connectivity index (χ1) is 8.72. The topological polar surface area (TPSA) is 92.1 Å². The summed E-state index contributed by atoms with van der Waals surface area (Å²) in [5.41, 5.74) is 0.263. The summed E-state index contributed by atoms with van der Waals surface area (Å²) in [5, 5.41) is 23.0. The van der Waals surface area contributed by atoms with Crippen molar-refractivity contribution in [3.8, 4) is 0 Å². The molecule has 1 aliphatic carbocycles. The molecule has 0 unspecified atom stereocenters. The van der Waals surface area contributed by atoms with Gasteiger partial charge in [-0.2, -0.15) is 0 Å². The zero-order valence-corrected chi connectivity index (χ0v) is 10.1. The quantitative estimate of drug-likeness (QED) is 0.619. The summed E-state index contributed by atoms with van der Waals surface area (Å²) in [6, 6.07) is 0.311. The fraction of sp³-hybridized carbons (Fsp3) is 0.727. The number of amides is 1. The van der Waals surface area contributed by atoms with E-state index in [1.807, 2.05) is 0 Å². The van der Waals surface area contributed by atoms with E-state index in [0.717, 1.165) is 25.9 Å². The first kappa shape index (κ1) is 11.6. The van der Waals surface area contributed by atoms with Crippen molar-refractivity contribution in [2.75, 3.05) is 26.2 Å². The molecule has 7 heteroatoms. The third-order valence-corrected chi connectivity index (χ3v) is 3.79. The van der Waals surface area contributed by atoms with Gasteiger partial charge in [-0.05, 0) is 12.8 Å². The van der Waals surface area contributed by atoms with Crippen molar-refractivity contribution in [3.05, 3.63) is 11.9 Å². The predicted molar refractivity (Wildman–Crippen MR) is 63.0 cm³/mol. The Balaban J connectivity index is 1.56. The van der Waals surface area contributed by atoms with Gasteiger partial charge >= 0.3 is 0 Å². The largest absolute Gasteiger partial charge is 0.396 e. The second-order valence-corrected chi connectivity index (χ2v) is 5.24. The fourth-order valence-electron chi connectivity index (χ4n) is 1.95. The predicted octanol–water partition coefficient (Wildman–Crippen LogP) is -1.08. The SMILES string of the molecule is O=C(NCC1(CO)CC1)c1cn(C2CNC2)nn1. The average molecular weight is 251 g/mol. The highest BCUT2D eigenvalue weighted by molar-refractivity contribution is 5.91. The van der Waals surface area contributed by atoms with Gasteiger partial charge in [-0.25, -0.2) is 4.68 Å². The Morgan fingerprint density at radius 3 is 2.94 bits per heavy atom. The van der Waals surface area contributed by atoms with E-state index in [-0.39, 0.29) is 17.9 Å². The molecule has 2 aliphatic rings. The molecular weight excluding hydrogens is 234 g/mol. The number of carbonyl (C=O) groups excluding carboxylic acids is 1. The Bertz CT molecular complexity index is 450. The highest BCUT2D eigenvalue weighted by Crippen LogP contribution is 2.44. The Morgan fingerprint density at radius 1 is 1.61 bits per heavy atom. The molecule has 0 atom stereocenters. The van der Waals surface area contributed by atoms with Crippen molar-refractivity contribution < 1.29 is 9.90 Å². The van der Waals surface area contributed by atoms with Crippen LogP contribution < -0.4 is 10.6 Å². The minimum absolute atomic E-state index is 0.0798. The van der Waals surface area contributed by atoms with Crippen LogP contribution in [0.4, 0.5) is 0 Å². The molecule has 1 aromatic rings. The van der Waals surface area contributed by atoms with E-state index < -0.39 is 0 Å². The minimum atomic E-state index is -0.215. The number of hydrogen-bond acceptors (Lipinski definition) is 5. The van der Waals surface area contributed by atoms with Gasteiger partial charge in [0.25, 0.3) is 5.91 Å². The lowest BCUT2D eigenvalue weighted by molar-refractivity contribution is 0.0930. The summed E-state index contributed by atoms with van der Waals surface area (Å²) in [7, 11) is 0. The molecule has 98 valence electrons. The van der Waals surface area contributed by atoms with Gasteiger partial charge in [0.05, 0.1) is 18.8 Å². The number of nitrogens with zero attached hydrogens (tertiary/aromatic N) is 3. The Labute approximate surface area is 105 Å². The molecule has 1 amide bonds. The molecular formula is C11H17N5O2. The molecule has 1 aliphatic heterocycles. The molecule has 0 bridgehead atoms. The molecule has 18 heavy (non-hydrogen) atoms. The third kappa shape index (κ3) is 2.11. The highest BCUT2D eigenvalue weighted by Gasteiger charge is 2.42. The average Bonchev–Trinajstić information content (AvgIpc) is 2.95. The number of nitrogens with one attached hydrogen (secondary N) is 2. The van der Waals surface area contributed by atoms with Crippen molar-refractivity contribution in [1.29, 1.82) is 0 Å². The van der Waals surface area contributed by atoms with Gasteiger partial charge in [0.1, 0.15) is 0 Å². The Kier molecular flexibility index (Phi) is 2.79. The maximum absolute atomic E-state index is 11.9. The maximum atomic E-state index is 11.9. The molecule has 1 aromatic heterocycles. The standard InChI is InChI=1S/C11H17N5O2/c17-7-11(1-2-11)6-13-10(18)9-5-16(15-14-9)8-3-12-4-8/h5,8,12,17H,1-4,6-7H2,(H,13,18). The molecule has 2 heterocycles. The highest BCUT2D eigenvalue weighted by atomic mass is 16.3. The first-order valence-electron chi connectivity index (χ1n) is 6.24. The Hall–Kier alpha value is -1.47. The lowest BCUT2D eigenvalue weighted by atomic mass is 10.1. The van der Waals surface area contributed by atoms with Crippen LogP contribution >= 0.6 is 0 Å². The lowest BCUT2D eigenvalue weighted by Crippen LogP contribution is -2.43. The summed E-state index contributed by atoms with van der Waals surface area (Å²) in [5.74, 6) is -0.215. The number of rotatable bonds is 5. The summed E-state index contributed by atoms with van der Waals surface area (Å²) in [6.07, 6.45) is 3.63. The van der Waals surface area contributed by atoms with E-state index >= 15 is 0 Å². The van der Waals surface area contributed by atoms with E-state index in [0.29, 0.717) is 18.3 Å². The van der Waals surface area contributed by atoms with Crippen LogP contribution in [-0.4, -0.2) is 52.2 Å². The molecule has 2 fully saturated rings. The third-order valence-electron chi connectivity index (χ3n) is 3.79. The fourth-order valence-corrected chi connectivity index (χ4v) is 1.95. The molecule has 7 nitrogen and oxygen atoms in total. The van der Waals surface area contributed by atoms with E-state index in [1.165, 1.54) is 0 Å². The summed E-state index contributed by atoms with van der Waals surface area (Å²) < 4.78 is 1.73. The van der Waals surface area contributed by atoms with Crippen LogP contribution in [0.1, 0.15) is 29.4 Å². The molecule has 3 rings (SSSR count). The maximum Gasteiger partial charge on any atom is 0.273 e. The van der Waals surface area contributed by atoms with Crippen LogP contribution in [0.5, 0.6) is 0 Å². The molecule has 0 aromatic carbocycles. The number of aliphatic hydroxyl groups is 1. The van der Waals surface area contributed by atoms with Crippen molar-refractivity contribution in [1.82, 2.24) is 25.6 Å². The van der Waals surface area contributed by atoms with Crippen LogP contribution in [0.15, 0.2) is 6.20 Å². The van der Waals surface area contributed by atoms with Gasteiger partial charge in [0.15, 0.2) is 5.69 Å². The summed E-state index contributed by atoms with van der Waals surface area (Å²) in [6.45, 7) is 2.39. The Morgan fingerprint density at radius 2 is 2.39 bits per heavy atom. The van der Waals surface area contributed by atoms with Gasteiger partial charge < -0.3 is 15.7 Å². The number of hydrogen-bond donors (Lipinski definition) is 3. The van der Waals surface area contributed by atoms with Gasteiger partial charge in [0, 0.05) is 25.0 Å². The monoisotopic (exact) mass is 251 g/mol. The second-order valence-electron chi connectivity index (χ2n) is 5.24. The molecule has 3 N–H and O–H groups in total. The van der Waals surface area contributed by atoms with Crippen molar-refractivity contribution in [2.45, 2.75) is 18.9 Å². The van der Waals surface area contributed by atoms with Crippen molar-refractivity contribution in [3.63, 3.8) is 0 Å². The van der Waals surface area contributed by atoms with E-state index in [1.54, 1.807) is 10.9 Å². The van der Waals surface area contributed by atoms with Crippen molar-refractivity contribution in [2.24, 2.45) is 5.41 Å². The smallest absolute Gasteiger partial charge is 0.273 e. The van der Waals surface area contributed by atoms with E-state index in [4.69, 9.17) is 5.11 Å². The van der Waals surface area contributed by atoms with Crippen LogP contribution in [0, 0.1) is 5.41 Å². The van der Waals surface area contributed by atoms with Crippen LogP contribution in [0.2, 0.25) is 0 Å². The van der Waals surface area contributed by atoms with Gasteiger partial charge in [0.2, 0.25) is 0 Å². The van der Waals surface area contributed by atoms with E-state index in [2.05, 4.69) is 20.9 Å². The van der Waals surface area contributed by atoms with E-state index in [9.17, 15) is 4.79 Å². The van der Waals surface area contributed by atoms with Crippen LogP contribution in [0.25, 0.3) is 0 Å². The van der Waals surface area contributed by atoms with Crippen LogP contribution in [-0.2, 0) is 0 Å². The van der Waals surface area contributed by atoms with Gasteiger partial charge in [-0.15, -0.1) is 5.10 Å². The molecule has 0 radical (unpaired) electrons. The summed E-state index contributed by atoms with van der Waals surface area (Å²) in [4.78, 5) is 11.9. The van der Waals surface area contributed by atoms with Gasteiger partial charge in [-0.1, -0.05) is 5.21 Å². The zero-order chi connectivity index (χ0) is 12.6. The molecule has 0 spiro atoms. The first-order valence-corrected chi connectivity index (χ1v) is 6.24. The molecule has 1 saturated heterocycles. The summed E-state index contributed by atoms with van der Waals surface area (Å²) >= 11 is 0.